The molecule has 0 amide bonds. The van der Waals surface area contributed by atoms with Crippen LogP contribution in [0.25, 0.3) is 11.1 Å². The first kappa shape index (κ1) is 20.4. The first-order valence-corrected chi connectivity index (χ1v) is 9.69. The van der Waals surface area contributed by atoms with Gasteiger partial charge in [-0.1, -0.05) is 36.4 Å². The fourth-order valence-corrected chi connectivity index (χ4v) is 3.95. The van der Waals surface area contributed by atoms with E-state index in [-0.39, 0.29) is 11.3 Å². The van der Waals surface area contributed by atoms with Gasteiger partial charge in [-0.15, -0.1) is 0 Å². The highest BCUT2D eigenvalue weighted by atomic mass is 32.2. The third-order valence-corrected chi connectivity index (χ3v) is 5.51. The number of hydrogen-bond acceptors (Lipinski definition) is 3. The average Bonchev–Trinajstić information content (AvgIpc) is 2.68. The van der Waals surface area contributed by atoms with Crippen molar-refractivity contribution in [1.82, 2.24) is 0 Å². The van der Waals surface area contributed by atoms with Crippen LogP contribution in [0.15, 0.2) is 77.7 Å². The molecule has 0 heterocycles. The number of alkyl halides is 3. The van der Waals surface area contributed by atoms with Crippen LogP contribution in [0.4, 0.5) is 18.9 Å². The molecular formula is C20H14F3NO4S. The number of sulfonamides is 1. The van der Waals surface area contributed by atoms with Gasteiger partial charge in [-0.3, -0.25) is 4.72 Å². The molecule has 2 N–H and O–H groups in total. The van der Waals surface area contributed by atoms with Crippen molar-refractivity contribution in [2.75, 3.05) is 4.72 Å². The van der Waals surface area contributed by atoms with E-state index in [0.29, 0.717) is 11.1 Å². The summed E-state index contributed by atoms with van der Waals surface area (Å²) < 4.78 is 65.9. The number of nitrogens with one attached hydrogen (secondary N) is 1. The predicted octanol–water partition coefficient (Wildman–Crippen LogP) is 4.87. The van der Waals surface area contributed by atoms with Gasteiger partial charge in [0, 0.05) is 5.69 Å². The van der Waals surface area contributed by atoms with Gasteiger partial charge in [0.05, 0.1) is 11.1 Å². The van der Waals surface area contributed by atoms with Crippen LogP contribution in [-0.2, 0) is 16.2 Å². The standard InChI is InChI=1S/C20H14F3NO4S/c21-20(22,23)15-5-3-4-14(12-15)13-8-10-16(11-9-13)24-29(27,28)18-7-2-1-6-17(18)19(25)26/h1-12,24H,(H,25,26). The smallest absolute Gasteiger partial charge is 0.416 e. The molecule has 9 heteroatoms. The van der Waals surface area contributed by atoms with E-state index in [0.717, 1.165) is 12.1 Å². The number of carbonyl (C=O) groups is 1. The number of aromatic carboxylic acids is 1. The second-order valence-corrected chi connectivity index (χ2v) is 7.71. The van der Waals surface area contributed by atoms with Crippen LogP contribution in [0.3, 0.4) is 0 Å². The Bertz CT molecular complexity index is 1160. The number of hydrogen-bond donors (Lipinski definition) is 2. The minimum atomic E-state index is -4.47. The molecule has 3 rings (SSSR count). The molecule has 0 aliphatic rings. The van der Waals surface area contributed by atoms with Crippen molar-refractivity contribution in [3.63, 3.8) is 0 Å². The predicted molar refractivity (Wildman–Crippen MR) is 101 cm³/mol. The van der Waals surface area contributed by atoms with E-state index < -0.39 is 32.6 Å². The molecule has 0 bridgehead atoms. The summed E-state index contributed by atoms with van der Waals surface area (Å²) in [5.41, 5.74) is -0.234. The molecular weight excluding hydrogens is 407 g/mol. The quantitative estimate of drug-likeness (QED) is 0.616. The van der Waals surface area contributed by atoms with Gasteiger partial charge in [0.1, 0.15) is 4.90 Å². The minimum absolute atomic E-state index is 0.140. The lowest BCUT2D eigenvalue weighted by Crippen LogP contribution is -2.16. The van der Waals surface area contributed by atoms with E-state index >= 15 is 0 Å². The molecule has 0 aliphatic heterocycles. The Morgan fingerprint density at radius 3 is 2.14 bits per heavy atom. The molecule has 0 aromatic heterocycles. The van der Waals surface area contributed by atoms with Gasteiger partial charge in [0.15, 0.2) is 0 Å². The number of benzene rings is 3. The van der Waals surface area contributed by atoms with E-state index in [4.69, 9.17) is 5.11 Å². The van der Waals surface area contributed by atoms with Crippen LogP contribution in [0.2, 0.25) is 0 Å². The summed E-state index contributed by atoms with van der Waals surface area (Å²) in [6.07, 6.45) is -4.47. The van der Waals surface area contributed by atoms with Crippen LogP contribution in [0.5, 0.6) is 0 Å². The summed E-state index contributed by atoms with van der Waals surface area (Å²) in [4.78, 5) is 10.9. The molecule has 0 unspecified atom stereocenters. The van der Waals surface area contributed by atoms with Gasteiger partial charge >= 0.3 is 12.1 Å². The Labute approximate surface area is 164 Å². The van der Waals surface area contributed by atoms with E-state index in [2.05, 4.69) is 4.72 Å². The summed E-state index contributed by atoms with van der Waals surface area (Å²) in [5.74, 6) is -1.38. The zero-order valence-corrected chi connectivity index (χ0v) is 15.5. The largest absolute Gasteiger partial charge is 0.478 e. The molecule has 0 radical (unpaired) electrons. The number of carboxylic acid groups (broad SMARTS) is 1. The molecule has 29 heavy (non-hydrogen) atoms. The Kier molecular flexibility index (Phi) is 5.34. The fraction of sp³-hybridized carbons (Fsp3) is 0.0500. The molecule has 3 aromatic carbocycles. The first-order chi connectivity index (χ1) is 13.6. The summed E-state index contributed by atoms with van der Waals surface area (Å²) in [6.45, 7) is 0. The summed E-state index contributed by atoms with van der Waals surface area (Å²) >= 11 is 0. The minimum Gasteiger partial charge on any atom is -0.478 e. The van der Waals surface area contributed by atoms with Crippen LogP contribution in [0.1, 0.15) is 15.9 Å². The van der Waals surface area contributed by atoms with Gasteiger partial charge in [-0.25, -0.2) is 13.2 Å². The van der Waals surface area contributed by atoms with Crippen molar-refractivity contribution in [2.24, 2.45) is 0 Å². The molecule has 0 atom stereocenters. The van der Waals surface area contributed by atoms with Crippen LogP contribution >= 0.6 is 0 Å². The van der Waals surface area contributed by atoms with E-state index in [1.54, 1.807) is 0 Å². The lowest BCUT2D eigenvalue weighted by Gasteiger charge is -2.12. The highest BCUT2D eigenvalue weighted by Crippen LogP contribution is 2.32. The summed E-state index contributed by atoms with van der Waals surface area (Å²) in [6, 6.07) is 15.6. The maximum Gasteiger partial charge on any atom is 0.416 e. The highest BCUT2D eigenvalue weighted by molar-refractivity contribution is 7.92. The zero-order valence-electron chi connectivity index (χ0n) is 14.6. The number of anilines is 1. The van der Waals surface area contributed by atoms with Crippen LogP contribution in [0, 0.1) is 0 Å². The molecule has 5 nitrogen and oxygen atoms in total. The lowest BCUT2D eigenvalue weighted by atomic mass is 10.0. The van der Waals surface area contributed by atoms with Gasteiger partial charge in [0.25, 0.3) is 10.0 Å². The Balaban J connectivity index is 1.88. The monoisotopic (exact) mass is 421 g/mol. The first-order valence-electron chi connectivity index (χ1n) is 8.21. The normalized spacial score (nSPS) is 11.8. The van der Waals surface area contributed by atoms with Crippen molar-refractivity contribution in [3.05, 3.63) is 83.9 Å². The maximum atomic E-state index is 12.9. The SMILES string of the molecule is O=C(O)c1ccccc1S(=O)(=O)Nc1ccc(-c2cccc(C(F)(F)F)c2)cc1. The van der Waals surface area contributed by atoms with Crippen molar-refractivity contribution < 1.29 is 31.5 Å². The highest BCUT2D eigenvalue weighted by Gasteiger charge is 2.30. The topological polar surface area (TPSA) is 83.5 Å². The fourth-order valence-electron chi connectivity index (χ4n) is 2.69. The lowest BCUT2D eigenvalue weighted by molar-refractivity contribution is -0.137. The van der Waals surface area contributed by atoms with Gasteiger partial charge < -0.3 is 5.11 Å². The Morgan fingerprint density at radius 2 is 1.52 bits per heavy atom. The zero-order chi connectivity index (χ0) is 21.2. The molecule has 0 aliphatic carbocycles. The number of carboxylic acids is 1. The maximum absolute atomic E-state index is 12.9. The van der Waals surface area contributed by atoms with Crippen molar-refractivity contribution >= 4 is 21.7 Å². The number of halogens is 3. The molecule has 0 fully saturated rings. The third-order valence-electron chi connectivity index (χ3n) is 4.07. The van der Waals surface area contributed by atoms with E-state index in [9.17, 15) is 26.4 Å². The Hall–Kier alpha value is -3.33. The summed E-state index contributed by atoms with van der Waals surface area (Å²) in [5, 5.41) is 9.16. The molecule has 0 saturated carbocycles. The molecule has 150 valence electrons. The second-order valence-electron chi connectivity index (χ2n) is 6.06. The van der Waals surface area contributed by atoms with Crippen LogP contribution in [-0.4, -0.2) is 19.5 Å². The van der Waals surface area contributed by atoms with Crippen molar-refractivity contribution in [1.29, 1.82) is 0 Å². The van der Waals surface area contributed by atoms with Crippen LogP contribution < -0.4 is 4.72 Å². The average molecular weight is 421 g/mol. The summed E-state index contributed by atoms with van der Waals surface area (Å²) in [7, 11) is -4.17. The van der Waals surface area contributed by atoms with Gasteiger partial charge in [0.2, 0.25) is 0 Å². The Morgan fingerprint density at radius 1 is 0.862 bits per heavy atom. The molecule has 3 aromatic rings. The van der Waals surface area contributed by atoms with E-state index in [1.807, 2.05) is 0 Å². The number of rotatable bonds is 5. The second kappa shape index (κ2) is 7.59. The molecule has 0 spiro atoms. The van der Waals surface area contributed by atoms with Crippen molar-refractivity contribution in [2.45, 2.75) is 11.1 Å². The third kappa shape index (κ3) is 4.57. The van der Waals surface area contributed by atoms with E-state index in [1.165, 1.54) is 60.7 Å². The van der Waals surface area contributed by atoms with Gasteiger partial charge in [-0.2, -0.15) is 13.2 Å². The van der Waals surface area contributed by atoms with Gasteiger partial charge in [-0.05, 0) is 47.5 Å². The molecule has 0 saturated heterocycles. The van der Waals surface area contributed by atoms with Crippen molar-refractivity contribution in [3.8, 4) is 11.1 Å².